The van der Waals surface area contributed by atoms with Crippen molar-refractivity contribution in [3.8, 4) is 55.6 Å². The van der Waals surface area contributed by atoms with Gasteiger partial charge in [0.1, 0.15) is 0 Å². The van der Waals surface area contributed by atoms with Crippen LogP contribution in [-0.4, -0.2) is 0 Å². The lowest BCUT2D eigenvalue weighted by molar-refractivity contribution is 1.58. The molecule has 0 radical (unpaired) electrons. The van der Waals surface area contributed by atoms with Crippen molar-refractivity contribution in [1.82, 2.24) is 0 Å². The monoisotopic (exact) mass is 582 g/mol. The highest BCUT2D eigenvalue weighted by molar-refractivity contribution is 6.28. The maximum Gasteiger partial charge on any atom is -0.00143 e. The Morgan fingerprint density at radius 2 is 0.652 bits per heavy atom. The van der Waals surface area contributed by atoms with Gasteiger partial charge in [-0.1, -0.05) is 176 Å². The van der Waals surface area contributed by atoms with E-state index in [1.54, 1.807) is 0 Å². The Morgan fingerprint density at radius 1 is 0.217 bits per heavy atom. The van der Waals surface area contributed by atoms with Gasteiger partial charge < -0.3 is 0 Å². The van der Waals surface area contributed by atoms with E-state index in [-0.39, 0.29) is 0 Å². The van der Waals surface area contributed by atoms with Crippen LogP contribution in [0.1, 0.15) is 0 Å². The summed E-state index contributed by atoms with van der Waals surface area (Å²) in [7, 11) is 0. The molecule has 0 heteroatoms. The van der Waals surface area contributed by atoms with E-state index >= 15 is 0 Å². The lowest BCUT2D eigenvalue weighted by Gasteiger charge is -2.20. The lowest BCUT2D eigenvalue weighted by Crippen LogP contribution is -1.92. The molecule has 0 N–H and O–H groups in total. The van der Waals surface area contributed by atoms with Crippen molar-refractivity contribution in [1.29, 1.82) is 0 Å². The first kappa shape index (κ1) is 26.4. The molecular formula is C46H30. The number of hydrogen-bond donors (Lipinski definition) is 0. The van der Waals surface area contributed by atoms with Crippen molar-refractivity contribution < 1.29 is 0 Å². The first-order chi connectivity index (χ1) is 22.8. The Bertz CT molecular complexity index is 2450. The molecule has 46 heavy (non-hydrogen) atoms. The predicted octanol–water partition coefficient (Wildman–Crippen LogP) is 12.9. The standard InChI is InChI=1S/C46H30/c1-3-10-31(11-4-1)32-18-20-33(21-19-32)34-22-24-36(25-23-34)43-30-44(40-17-8-7-16-39(40)35-12-5-2-6-13-35)42-29-27-38-15-9-14-37-26-28-41(43)46(42)45(37)38/h1-30H. The quantitative estimate of drug-likeness (QED) is 0.177. The molecule has 0 unspecified atom stereocenters. The van der Waals surface area contributed by atoms with Gasteiger partial charge in [0, 0.05) is 0 Å². The van der Waals surface area contributed by atoms with Crippen molar-refractivity contribution in [2.75, 3.05) is 0 Å². The Morgan fingerprint density at radius 3 is 1.24 bits per heavy atom. The summed E-state index contributed by atoms with van der Waals surface area (Å²) in [5.74, 6) is 0. The fourth-order valence-corrected chi connectivity index (χ4v) is 7.21. The molecule has 9 aromatic rings. The van der Waals surface area contributed by atoms with Gasteiger partial charge in [0.15, 0.2) is 0 Å². The van der Waals surface area contributed by atoms with Crippen LogP contribution < -0.4 is 0 Å². The van der Waals surface area contributed by atoms with Crippen LogP contribution in [0.25, 0.3) is 88.0 Å². The summed E-state index contributed by atoms with van der Waals surface area (Å²) in [4.78, 5) is 0. The second-order valence-electron chi connectivity index (χ2n) is 12.1. The largest absolute Gasteiger partial charge is 0.0622 e. The van der Waals surface area contributed by atoms with Gasteiger partial charge in [-0.05, 0) is 94.0 Å². The maximum atomic E-state index is 2.42. The fraction of sp³-hybridized carbons (Fsp3) is 0. The van der Waals surface area contributed by atoms with Gasteiger partial charge in [-0.15, -0.1) is 0 Å². The summed E-state index contributed by atoms with van der Waals surface area (Å²) in [6.45, 7) is 0. The maximum absolute atomic E-state index is 2.42. The highest BCUT2D eigenvalue weighted by Gasteiger charge is 2.18. The summed E-state index contributed by atoms with van der Waals surface area (Å²) in [5, 5.41) is 7.83. The summed E-state index contributed by atoms with van der Waals surface area (Å²) < 4.78 is 0. The third-order valence-electron chi connectivity index (χ3n) is 9.47. The molecule has 0 atom stereocenters. The second-order valence-corrected chi connectivity index (χ2v) is 12.1. The summed E-state index contributed by atoms with van der Waals surface area (Å²) in [5.41, 5.74) is 12.4. The van der Waals surface area contributed by atoms with Gasteiger partial charge in [0.25, 0.3) is 0 Å². The van der Waals surface area contributed by atoms with Crippen LogP contribution in [0.2, 0.25) is 0 Å². The van der Waals surface area contributed by atoms with Crippen LogP contribution in [0.4, 0.5) is 0 Å². The third kappa shape index (κ3) is 4.38. The Hall–Kier alpha value is -5.98. The number of benzene rings is 9. The normalized spacial score (nSPS) is 11.5. The van der Waals surface area contributed by atoms with Crippen molar-refractivity contribution in [2.24, 2.45) is 0 Å². The molecule has 0 aromatic heterocycles. The van der Waals surface area contributed by atoms with Crippen molar-refractivity contribution in [3.05, 3.63) is 182 Å². The lowest BCUT2D eigenvalue weighted by atomic mass is 9.84. The second kappa shape index (κ2) is 10.9. The van der Waals surface area contributed by atoms with Gasteiger partial charge in [0.05, 0.1) is 0 Å². The summed E-state index contributed by atoms with van der Waals surface area (Å²) in [6.07, 6.45) is 0. The van der Waals surface area contributed by atoms with Gasteiger partial charge in [0.2, 0.25) is 0 Å². The predicted molar refractivity (Wildman–Crippen MR) is 197 cm³/mol. The minimum Gasteiger partial charge on any atom is -0.0622 e. The molecule has 0 aliphatic rings. The van der Waals surface area contributed by atoms with Crippen LogP contribution in [0.5, 0.6) is 0 Å². The molecule has 0 saturated heterocycles. The van der Waals surface area contributed by atoms with Gasteiger partial charge in [-0.3, -0.25) is 0 Å². The smallest absolute Gasteiger partial charge is 0.00143 e. The van der Waals surface area contributed by atoms with Gasteiger partial charge in [-0.25, -0.2) is 0 Å². The van der Waals surface area contributed by atoms with E-state index in [4.69, 9.17) is 0 Å². The highest BCUT2D eigenvalue weighted by atomic mass is 14.2. The summed E-state index contributed by atoms with van der Waals surface area (Å²) >= 11 is 0. The first-order valence-electron chi connectivity index (χ1n) is 15.9. The molecule has 0 aliphatic heterocycles. The zero-order chi connectivity index (χ0) is 30.5. The van der Waals surface area contributed by atoms with Crippen LogP contribution in [0.3, 0.4) is 0 Å². The average Bonchev–Trinajstić information content (AvgIpc) is 3.14. The molecule has 0 amide bonds. The molecule has 9 rings (SSSR count). The zero-order valence-electron chi connectivity index (χ0n) is 25.3. The van der Waals surface area contributed by atoms with E-state index in [1.807, 2.05) is 0 Å². The molecule has 0 bridgehead atoms. The third-order valence-corrected chi connectivity index (χ3v) is 9.47. The Kier molecular flexibility index (Phi) is 6.25. The minimum absolute atomic E-state index is 1.22. The molecule has 0 fully saturated rings. The first-order valence-corrected chi connectivity index (χ1v) is 15.9. The number of hydrogen-bond acceptors (Lipinski definition) is 0. The molecule has 0 aliphatic carbocycles. The van der Waals surface area contributed by atoms with Gasteiger partial charge >= 0.3 is 0 Å². The molecular weight excluding hydrogens is 553 g/mol. The van der Waals surface area contributed by atoms with E-state index in [2.05, 4.69) is 182 Å². The van der Waals surface area contributed by atoms with Crippen molar-refractivity contribution in [3.63, 3.8) is 0 Å². The van der Waals surface area contributed by atoms with Crippen LogP contribution in [0.15, 0.2) is 182 Å². The van der Waals surface area contributed by atoms with Crippen molar-refractivity contribution in [2.45, 2.75) is 0 Å². The molecule has 0 saturated carbocycles. The fourth-order valence-electron chi connectivity index (χ4n) is 7.21. The van der Waals surface area contributed by atoms with E-state index in [0.29, 0.717) is 0 Å². The molecule has 0 nitrogen and oxygen atoms in total. The van der Waals surface area contributed by atoms with E-state index in [9.17, 15) is 0 Å². The van der Waals surface area contributed by atoms with Crippen LogP contribution >= 0.6 is 0 Å². The Balaban J connectivity index is 1.23. The SMILES string of the molecule is c1ccc(-c2ccc(-c3ccc(-c4cc(-c5ccccc5-c5ccccc5)c5ccc6cccc7ccc4c5c76)cc3)cc2)cc1. The minimum atomic E-state index is 1.22. The van der Waals surface area contributed by atoms with Gasteiger partial charge in [-0.2, -0.15) is 0 Å². The molecule has 214 valence electrons. The van der Waals surface area contributed by atoms with E-state index < -0.39 is 0 Å². The molecule has 0 spiro atoms. The van der Waals surface area contributed by atoms with Crippen LogP contribution in [-0.2, 0) is 0 Å². The highest BCUT2D eigenvalue weighted by Crippen LogP contribution is 2.46. The number of rotatable bonds is 5. The Labute approximate surface area is 269 Å². The molecule has 9 aromatic carbocycles. The summed E-state index contributed by atoms with van der Waals surface area (Å²) in [6, 6.07) is 66.4. The zero-order valence-corrected chi connectivity index (χ0v) is 25.3. The topological polar surface area (TPSA) is 0 Å². The van der Waals surface area contributed by atoms with Crippen LogP contribution in [0, 0.1) is 0 Å². The van der Waals surface area contributed by atoms with E-state index in [0.717, 1.165) is 0 Å². The molecule has 0 heterocycles. The van der Waals surface area contributed by atoms with Crippen molar-refractivity contribution >= 4 is 32.3 Å². The average molecular weight is 583 g/mol. The van der Waals surface area contributed by atoms with E-state index in [1.165, 1.54) is 88.0 Å².